The molecule has 0 spiro atoms. The maximum absolute atomic E-state index is 12.2. The fourth-order valence-electron chi connectivity index (χ4n) is 3.30. The topological polar surface area (TPSA) is 41.1 Å². The van der Waals surface area contributed by atoms with Gasteiger partial charge >= 0.3 is 0 Å². The zero-order valence-corrected chi connectivity index (χ0v) is 12.2. The average molecular weight is 272 g/mol. The van der Waals surface area contributed by atoms with Crippen LogP contribution in [0.15, 0.2) is 24.3 Å². The van der Waals surface area contributed by atoms with Gasteiger partial charge < -0.3 is 10.6 Å². The zero-order valence-electron chi connectivity index (χ0n) is 12.2. The summed E-state index contributed by atoms with van der Waals surface area (Å²) in [5, 5.41) is 6.59. The van der Waals surface area contributed by atoms with E-state index in [4.69, 9.17) is 0 Å². The van der Waals surface area contributed by atoms with E-state index >= 15 is 0 Å². The van der Waals surface area contributed by atoms with Gasteiger partial charge in [-0.05, 0) is 42.3 Å². The third-order valence-corrected chi connectivity index (χ3v) is 4.88. The number of rotatable bonds is 4. The molecule has 1 atom stereocenters. The van der Waals surface area contributed by atoms with Crippen molar-refractivity contribution < 1.29 is 4.79 Å². The third-order valence-electron chi connectivity index (χ3n) is 4.88. The normalized spacial score (nSPS) is 23.6. The SMILES string of the molecule is CC1(CNC(=O)CC2NCCc3ccccc32)CCC1. The lowest BCUT2D eigenvalue weighted by Crippen LogP contribution is -2.41. The van der Waals surface area contributed by atoms with Crippen LogP contribution in [0.4, 0.5) is 0 Å². The van der Waals surface area contributed by atoms with Crippen molar-refractivity contribution in [3.63, 3.8) is 0 Å². The maximum atomic E-state index is 12.2. The number of hydrogen-bond donors (Lipinski definition) is 2. The lowest BCUT2D eigenvalue weighted by atomic mass is 9.70. The largest absolute Gasteiger partial charge is 0.355 e. The lowest BCUT2D eigenvalue weighted by Gasteiger charge is -2.38. The summed E-state index contributed by atoms with van der Waals surface area (Å²) >= 11 is 0. The Labute approximate surface area is 121 Å². The van der Waals surface area contributed by atoms with E-state index in [0.29, 0.717) is 11.8 Å². The van der Waals surface area contributed by atoms with Crippen LogP contribution in [0.25, 0.3) is 0 Å². The first-order valence-electron chi connectivity index (χ1n) is 7.74. The van der Waals surface area contributed by atoms with Crippen molar-refractivity contribution in [3.05, 3.63) is 35.4 Å². The molecular weight excluding hydrogens is 248 g/mol. The van der Waals surface area contributed by atoms with E-state index in [1.54, 1.807) is 0 Å². The number of carbonyl (C=O) groups is 1. The molecule has 0 saturated heterocycles. The van der Waals surface area contributed by atoms with E-state index in [0.717, 1.165) is 19.5 Å². The van der Waals surface area contributed by atoms with Crippen LogP contribution in [0.5, 0.6) is 0 Å². The van der Waals surface area contributed by atoms with Crippen LogP contribution in [0.3, 0.4) is 0 Å². The molecule has 2 N–H and O–H groups in total. The molecule has 0 aromatic heterocycles. The van der Waals surface area contributed by atoms with E-state index in [2.05, 4.69) is 41.8 Å². The Kier molecular flexibility index (Phi) is 3.79. The second kappa shape index (κ2) is 5.57. The Bertz CT molecular complexity index is 494. The minimum atomic E-state index is 0.173. The highest BCUT2D eigenvalue weighted by atomic mass is 16.1. The highest BCUT2D eigenvalue weighted by Crippen LogP contribution is 2.39. The van der Waals surface area contributed by atoms with E-state index in [-0.39, 0.29) is 11.9 Å². The van der Waals surface area contributed by atoms with E-state index in [9.17, 15) is 4.79 Å². The van der Waals surface area contributed by atoms with Crippen molar-refractivity contribution in [1.29, 1.82) is 0 Å². The van der Waals surface area contributed by atoms with Crippen molar-refractivity contribution in [2.75, 3.05) is 13.1 Å². The van der Waals surface area contributed by atoms with Crippen LogP contribution in [-0.2, 0) is 11.2 Å². The summed E-state index contributed by atoms with van der Waals surface area (Å²) < 4.78 is 0. The predicted molar refractivity (Wildman–Crippen MR) is 80.5 cm³/mol. The lowest BCUT2D eigenvalue weighted by molar-refractivity contribution is -0.122. The maximum Gasteiger partial charge on any atom is 0.221 e. The molecular formula is C17H24N2O. The standard InChI is InChI=1S/C17H24N2O/c1-17(8-4-9-17)12-19-16(20)11-15-14-6-3-2-5-13(14)7-10-18-15/h2-3,5-6,15,18H,4,7-12H2,1H3,(H,19,20). The zero-order chi connectivity index (χ0) is 14.0. The molecule has 3 rings (SSSR count). The van der Waals surface area contributed by atoms with Crippen molar-refractivity contribution in [2.45, 2.75) is 45.1 Å². The molecule has 20 heavy (non-hydrogen) atoms. The summed E-state index contributed by atoms with van der Waals surface area (Å²) in [6.07, 6.45) is 5.42. The van der Waals surface area contributed by atoms with Crippen LogP contribution >= 0.6 is 0 Å². The van der Waals surface area contributed by atoms with E-state index < -0.39 is 0 Å². The molecule has 1 heterocycles. The van der Waals surface area contributed by atoms with Crippen LogP contribution in [0.1, 0.15) is 49.8 Å². The Balaban J connectivity index is 1.57. The van der Waals surface area contributed by atoms with Crippen molar-refractivity contribution in [1.82, 2.24) is 10.6 Å². The van der Waals surface area contributed by atoms with Gasteiger partial charge in [-0.2, -0.15) is 0 Å². The molecule has 1 fully saturated rings. The quantitative estimate of drug-likeness (QED) is 0.884. The summed E-state index contributed by atoms with van der Waals surface area (Å²) in [6.45, 7) is 4.07. The van der Waals surface area contributed by atoms with Gasteiger partial charge in [-0.3, -0.25) is 4.79 Å². The number of hydrogen-bond acceptors (Lipinski definition) is 2. The monoisotopic (exact) mass is 272 g/mol. The van der Waals surface area contributed by atoms with Gasteiger partial charge in [0.25, 0.3) is 0 Å². The molecule has 108 valence electrons. The van der Waals surface area contributed by atoms with Gasteiger partial charge in [0.15, 0.2) is 0 Å². The first-order valence-corrected chi connectivity index (χ1v) is 7.74. The number of benzene rings is 1. The Morgan fingerprint density at radius 1 is 1.40 bits per heavy atom. The third kappa shape index (κ3) is 2.88. The summed E-state index contributed by atoms with van der Waals surface area (Å²) in [4.78, 5) is 12.2. The van der Waals surface area contributed by atoms with E-state index in [1.165, 1.54) is 30.4 Å². The van der Waals surface area contributed by atoms with Crippen molar-refractivity contribution in [3.8, 4) is 0 Å². The molecule has 1 aromatic carbocycles. The molecule has 1 amide bonds. The fourth-order valence-corrected chi connectivity index (χ4v) is 3.30. The minimum absolute atomic E-state index is 0.173. The first kappa shape index (κ1) is 13.6. The fraction of sp³-hybridized carbons (Fsp3) is 0.588. The number of nitrogens with one attached hydrogen (secondary N) is 2. The number of fused-ring (bicyclic) bond motifs is 1. The molecule has 1 aliphatic carbocycles. The summed E-state index contributed by atoms with van der Waals surface area (Å²) in [6, 6.07) is 8.64. The number of carbonyl (C=O) groups excluding carboxylic acids is 1. The van der Waals surface area contributed by atoms with Crippen LogP contribution in [0, 0.1) is 5.41 Å². The molecule has 0 radical (unpaired) electrons. The molecule has 1 unspecified atom stereocenters. The second-order valence-corrected chi connectivity index (χ2v) is 6.60. The van der Waals surface area contributed by atoms with Gasteiger partial charge in [0.05, 0.1) is 0 Å². The van der Waals surface area contributed by atoms with Crippen molar-refractivity contribution in [2.24, 2.45) is 5.41 Å². The second-order valence-electron chi connectivity index (χ2n) is 6.60. The Hall–Kier alpha value is -1.35. The van der Waals surface area contributed by atoms with Gasteiger partial charge in [-0.15, -0.1) is 0 Å². The molecule has 2 aliphatic rings. The van der Waals surface area contributed by atoms with Gasteiger partial charge in [0.2, 0.25) is 5.91 Å². The molecule has 3 nitrogen and oxygen atoms in total. The summed E-state index contributed by atoms with van der Waals surface area (Å²) in [5.74, 6) is 0.173. The predicted octanol–water partition coefficient (Wildman–Crippen LogP) is 2.57. The molecule has 0 bridgehead atoms. The highest BCUT2D eigenvalue weighted by Gasteiger charge is 2.32. The smallest absolute Gasteiger partial charge is 0.221 e. The van der Waals surface area contributed by atoms with Gasteiger partial charge in [0.1, 0.15) is 0 Å². The highest BCUT2D eigenvalue weighted by molar-refractivity contribution is 5.77. The summed E-state index contributed by atoms with van der Waals surface area (Å²) in [7, 11) is 0. The Morgan fingerprint density at radius 2 is 2.20 bits per heavy atom. The molecule has 1 aromatic rings. The Morgan fingerprint density at radius 3 is 2.95 bits per heavy atom. The van der Waals surface area contributed by atoms with E-state index in [1.807, 2.05) is 0 Å². The van der Waals surface area contributed by atoms with Crippen LogP contribution in [0.2, 0.25) is 0 Å². The average Bonchev–Trinajstić information content (AvgIpc) is 2.43. The van der Waals surface area contributed by atoms with Gasteiger partial charge in [-0.25, -0.2) is 0 Å². The van der Waals surface area contributed by atoms with Crippen LogP contribution in [-0.4, -0.2) is 19.0 Å². The minimum Gasteiger partial charge on any atom is -0.355 e. The first-order chi connectivity index (χ1) is 9.66. The van der Waals surface area contributed by atoms with Gasteiger partial charge in [-0.1, -0.05) is 37.6 Å². The summed E-state index contributed by atoms with van der Waals surface area (Å²) in [5.41, 5.74) is 3.03. The van der Waals surface area contributed by atoms with Gasteiger partial charge in [0, 0.05) is 19.0 Å². The molecule has 1 aliphatic heterocycles. The molecule has 1 saturated carbocycles. The molecule has 3 heteroatoms. The van der Waals surface area contributed by atoms with Crippen LogP contribution < -0.4 is 10.6 Å². The number of amides is 1. The van der Waals surface area contributed by atoms with Crippen molar-refractivity contribution >= 4 is 5.91 Å².